The molecule has 1 amide bonds. The molecule has 0 spiro atoms. The van der Waals surface area contributed by atoms with Gasteiger partial charge in [0.1, 0.15) is 5.69 Å². The van der Waals surface area contributed by atoms with Crippen molar-refractivity contribution in [2.45, 2.75) is 0 Å². The molecule has 0 bridgehead atoms. The number of nitrogens with one attached hydrogen (secondary N) is 1. The molecule has 0 fully saturated rings. The standard InChI is InChI=1S/C13H11N3O/c17-13(12-10-14-8-9-15-12)16-7-6-11-4-2-1-3-5-11/h1-10H,(H,16,17). The summed E-state index contributed by atoms with van der Waals surface area (Å²) in [5, 5.41) is 2.63. The van der Waals surface area contributed by atoms with Crippen molar-refractivity contribution in [2.75, 3.05) is 0 Å². The van der Waals surface area contributed by atoms with E-state index in [0.29, 0.717) is 5.69 Å². The summed E-state index contributed by atoms with van der Waals surface area (Å²) in [5.74, 6) is -0.273. The SMILES string of the molecule is O=C(NC=Cc1ccccc1)c1cnccn1. The van der Waals surface area contributed by atoms with Crippen LogP contribution in [0.4, 0.5) is 0 Å². The van der Waals surface area contributed by atoms with Gasteiger partial charge in [0.15, 0.2) is 0 Å². The summed E-state index contributed by atoms with van der Waals surface area (Å²) < 4.78 is 0. The first-order chi connectivity index (χ1) is 8.36. The highest BCUT2D eigenvalue weighted by atomic mass is 16.1. The van der Waals surface area contributed by atoms with Crippen LogP contribution in [0.1, 0.15) is 16.1 Å². The zero-order valence-electron chi connectivity index (χ0n) is 9.08. The molecule has 0 aliphatic rings. The molecule has 84 valence electrons. The molecule has 2 rings (SSSR count). The first-order valence-corrected chi connectivity index (χ1v) is 5.15. The van der Waals surface area contributed by atoms with E-state index in [-0.39, 0.29) is 5.91 Å². The van der Waals surface area contributed by atoms with Crippen molar-refractivity contribution in [3.63, 3.8) is 0 Å². The highest BCUT2D eigenvalue weighted by Crippen LogP contribution is 1.99. The Morgan fingerprint density at radius 3 is 2.71 bits per heavy atom. The van der Waals surface area contributed by atoms with Gasteiger partial charge in [-0.25, -0.2) is 4.98 Å². The van der Waals surface area contributed by atoms with E-state index in [4.69, 9.17) is 0 Å². The second-order valence-corrected chi connectivity index (χ2v) is 3.31. The van der Waals surface area contributed by atoms with E-state index in [9.17, 15) is 4.79 Å². The summed E-state index contributed by atoms with van der Waals surface area (Å²) in [4.78, 5) is 19.3. The van der Waals surface area contributed by atoms with Gasteiger partial charge in [-0.2, -0.15) is 0 Å². The summed E-state index contributed by atoms with van der Waals surface area (Å²) >= 11 is 0. The van der Waals surface area contributed by atoms with E-state index < -0.39 is 0 Å². The van der Waals surface area contributed by atoms with Crippen molar-refractivity contribution >= 4 is 12.0 Å². The Morgan fingerprint density at radius 1 is 1.18 bits per heavy atom. The molecule has 0 aliphatic carbocycles. The molecule has 0 saturated carbocycles. The Hall–Kier alpha value is -2.49. The summed E-state index contributed by atoms with van der Waals surface area (Å²) in [6.07, 6.45) is 7.83. The molecule has 1 N–H and O–H groups in total. The normalized spacial score (nSPS) is 10.4. The van der Waals surface area contributed by atoms with Crippen LogP contribution in [0.15, 0.2) is 55.1 Å². The van der Waals surface area contributed by atoms with E-state index in [1.165, 1.54) is 18.6 Å². The van der Waals surface area contributed by atoms with Gasteiger partial charge in [-0.15, -0.1) is 0 Å². The predicted molar refractivity (Wildman–Crippen MR) is 65.0 cm³/mol. The highest BCUT2D eigenvalue weighted by Gasteiger charge is 2.02. The predicted octanol–water partition coefficient (Wildman–Crippen LogP) is 1.88. The van der Waals surface area contributed by atoms with Crippen molar-refractivity contribution in [3.05, 3.63) is 66.4 Å². The Bertz CT molecular complexity index is 509. The lowest BCUT2D eigenvalue weighted by Gasteiger charge is -1.97. The average Bonchev–Trinajstić information content (AvgIpc) is 2.41. The molecular weight excluding hydrogens is 214 g/mol. The number of hydrogen-bond acceptors (Lipinski definition) is 3. The Balaban J connectivity index is 1.95. The minimum absolute atomic E-state index is 0.273. The van der Waals surface area contributed by atoms with Gasteiger partial charge >= 0.3 is 0 Å². The Morgan fingerprint density at radius 2 is 2.00 bits per heavy atom. The van der Waals surface area contributed by atoms with Crippen LogP contribution in [0.2, 0.25) is 0 Å². The third-order valence-corrected chi connectivity index (χ3v) is 2.09. The molecule has 1 aromatic carbocycles. The molecule has 1 heterocycles. The van der Waals surface area contributed by atoms with E-state index in [2.05, 4.69) is 15.3 Å². The van der Waals surface area contributed by atoms with Gasteiger partial charge in [0.05, 0.1) is 6.20 Å². The lowest BCUT2D eigenvalue weighted by molar-refractivity contribution is 0.0965. The maximum absolute atomic E-state index is 11.6. The van der Waals surface area contributed by atoms with E-state index >= 15 is 0 Å². The monoisotopic (exact) mass is 225 g/mol. The van der Waals surface area contributed by atoms with Gasteiger partial charge in [0.25, 0.3) is 5.91 Å². The smallest absolute Gasteiger partial charge is 0.275 e. The molecule has 4 nitrogen and oxygen atoms in total. The summed E-state index contributed by atoms with van der Waals surface area (Å²) in [7, 11) is 0. The zero-order valence-corrected chi connectivity index (χ0v) is 9.08. The lowest BCUT2D eigenvalue weighted by Crippen LogP contribution is -2.18. The molecule has 0 unspecified atom stereocenters. The maximum atomic E-state index is 11.6. The van der Waals surface area contributed by atoms with Crippen LogP contribution in [0.3, 0.4) is 0 Å². The average molecular weight is 225 g/mol. The molecule has 17 heavy (non-hydrogen) atoms. The van der Waals surface area contributed by atoms with Crippen LogP contribution < -0.4 is 5.32 Å². The maximum Gasteiger partial charge on any atom is 0.275 e. The molecule has 1 aromatic heterocycles. The number of carbonyl (C=O) groups excluding carboxylic acids is 1. The largest absolute Gasteiger partial charge is 0.327 e. The third-order valence-electron chi connectivity index (χ3n) is 2.09. The number of hydrogen-bond donors (Lipinski definition) is 1. The zero-order chi connectivity index (χ0) is 11.9. The minimum Gasteiger partial charge on any atom is -0.327 e. The fourth-order valence-corrected chi connectivity index (χ4v) is 1.27. The number of benzene rings is 1. The summed E-state index contributed by atoms with van der Waals surface area (Å²) in [6, 6.07) is 9.71. The van der Waals surface area contributed by atoms with Gasteiger partial charge < -0.3 is 5.32 Å². The van der Waals surface area contributed by atoms with E-state index in [1.807, 2.05) is 36.4 Å². The van der Waals surface area contributed by atoms with Gasteiger partial charge in [-0.05, 0) is 11.6 Å². The molecule has 0 saturated heterocycles. The Kier molecular flexibility index (Phi) is 3.60. The third kappa shape index (κ3) is 3.24. The van der Waals surface area contributed by atoms with Crippen LogP contribution in [0.25, 0.3) is 6.08 Å². The van der Waals surface area contributed by atoms with E-state index in [0.717, 1.165) is 5.56 Å². The fraction of sp³-hybridized carbons (Fsp3) is 0. The van der Waals surface area contributed by atoms with Crippen LogP contribution in [0, 0.1) is 0 Å². The van der Waals surface area contributed by atoms with E-state index in [1.54, 1.807) is 6.20 Å². The quantitative estimate of drug-likeness (QED) is 0.867. The first kappa shape index (κ1) is 11.0. The van der Waals surface area contributed by atoms with Crippen molar-refractivity contribution in [1.29, 1.82) is 0 Å². The number of rotatable bonds is 3. The molecule has 4 heteroatoms. The molecule has 2 aromatic rings. The van der Waals surface area contributed by atoms with Gasteiger partial charge in [0, 0.05) is 18.6 Å². The molecule has 0 atom stereocenters. The van der Waals surface area contributed by atoms with Crippen molar-refractivity contribution in [2.24, 2.45) is 0 Å². The van der Waals surface area contributed by atoms with Gasteiger partial charge in [0.2, 0.25) is 0 Å². The molecular formula is C13H11N3O. The van der Waals surface area contributed by atoms with Crippen LogP contribution in [0.5, 0.6) is 0 Å². The molecule has 0 aliphatic heterocycles. The fourth-order valence-electron chi connectivity index (χ4n) is 1.27. The van der Waals surface area contributed by atoms with Crippen molar-refractivity contribution < 1.29 is 4.79 Å². The number of amides is 1. The van der Waals surface area contributed by atoms with Gasteiger partial charge in [-0.3, -0.25) is 9.78 Å². The topological polar surface area (TPSA) is 54.9 Å². The molecule has 0 radical (unpaired) electrons. The number of nitrogens with zero attached hydrogens (tertiary/aromatic N) is 2. The summed E-state index contributed by atoms with van der Waals surface area (Å²) in [6.45, 7) is 0. The van der Waals surface area contributed by atoms with Gasteiger partial charge in [-0.1, -0.05) is 30.3 Å². The van der Waals surface area contributed by atoms with Crippen LogP contribution in [-0.4, -0.2) is 15.9 Å². The number of carbonyl (C=O) groups is 1. The van der Waals surface area contributed by atoms with Crippen LogP contribution in [-0.2, 0) is 0 Å². The minimum atomic E-state index is -0.273. The van der Waals surface area contributed by atoms with Crippen molar-refractivity contribution in [1.82, 2.24) is 15.3 Å². The van der Waals surface area contributed by atoms with Crippen molar-refractivity contribution in [3.8, 4) is 0 Å². The second-order valence-electron chi connectivity index (χ2n) is 3.31. The lowest BCUT2D eigenvalue weighted by atomic mass is 10.2. The second kappa shape index (κ2) is 5.55. The van der Waals surface area contributed by atoms with Crippen LogP contribution >= 0.6 is 0 Å². The first-order valence-electron chi connectivity index (χ1n) is 5.15. The summed E-state index contributed by atoms with van der Waals surface area (Å²) in [5.41, 5.74) is 1.32. The Labute approximate surface area is 99.0 Å². The number of aromatic nitrogens is 2. The highest BCUT2D eigenvalue weighted by molar-refractivity contribution is 5.92.